The standard InChI is InChI=1S/C25H27NO2/c1-16-4-2-3-5-24(16)20-12-22(13-20)26(21-10-11-21)25(28)18-8-6-17(7-9-18)19-14-23(27)15-19/h2-9,19-22H,10-15H2,1H3. The van der Waals surface area contributed by atoms with Gasteiger partial charge in [0.1, 0.15) is 5.78 Å². The molecule has 0 saturated heterocycles. The van der Waals surface area contributed by atoms with E-state index in [0.29, 0.717) is 42.5 Å². The van der Waals surface area contributed by atoms with Crippen molar-refractivity contribution in [3.05, 3.63) is 70.8 Å². The number of hydrogen-bond donors (Lipinski definition) is 0. The van der Waals surface area contributed by atoms with E-state index in [1.807, 2.05) is 24.3 Å². The second kappa shape index (κ2) is 6.88. The topological polar surface area (TPSA) is 37.4 Å². The molecule has 0 aliphatic heterocycles. The number of hydrogen-bond acceptors (Lipinski definition) is 2. The third-order valence-electron chi connectivity index (χ3n) is 6.89. The third-order valence-corrected chi connectivity index (χ3v) is 6.89. The maximum absolute atomic E-state index is 13.3. The third kappa shape index (κ3) is 3.17. The highest BCUT2D eigenvalue weighted by molar-refractivity contribution is 5.95. The van der Waals surface area contributed by atoms with Crippen molar-refractivity contribution in [2.24, 2.45) is 0 Å². The summed E-state index contributed by atoms with van der Waals surface area (Å²) in [5.41, 5.74) is 4.79. The summed E-state index contributed by atoms with van der Waals surface area (Å²) in [5.74, 6) is 1.47. The molecule has 1 amide bonds. The molecule has 0 bridgehead atoms. The molecule has 28 heavy (non-hydrogen) atoms. The monoisotopic (exact) mass is 373 g/mol. The highest BCUT2D eigenvalue weighted by atomic mass is 16.2. The zero-order valence-corrected chi connectivity index (χ0v) is 16.4. The first-order valence-electron chi connectivity index (χ1n) is 10.6. The van der Waals surface area contributed by atoms with Gasteiger partial charge in [0.05, 0.1) is 0 Å². The quantitative estimate of drug-likeness (QED) is 0.740. The summed E-state index contributed by atoms with van der Waals surface area (Å²) in [7, 11) is 0. The van der Waals surface area contributed by atoms with Gasteiger partial charge in [-0.05, 0) is 73.3 Å². The molecular weight excluding hydrogens is 346 g/mol. The van der Waals surface area contributed by atoms with Crippen LogP contribution in [0.3, 0.4) is 0 Å². The van der Waals surface area contributed by atoms with Gasteiger partial charge in [0.2, 0.25) is 0 Å². The van der Waals surface area contributed by atoms with Crippen LogP contribution in [0, 0.1) is 6.92 Å². The van der Waals surface area contributed by atoms with Gasteiger partial charge in [-0.1, -0.05) is 36.4 Å². The Hall–Kier alpha value is -2.42. The van der Waals surface area contributed by atoms with E-state index < -0.39 is 0 Å². The number of nitrogens with zero attached hydrogens (tertiary/aromatic N) is 1. The van der Waals surface area contributed by atoms with E-state index in [1.54, 1.807) is 0 Å². The van der Waals surface area contributed by atoms with Crippen LogP contribution >= 0.6 is 0 Å². The minimum absolute atomic E-state index is 0.187. The Kier molecular flexibility index (Phi) is 4.34. The maximum atomic E-state index is 13.3. The molecule has 144 valence electrons. The second-order valence-corrected chi connectivity index (χ2v) is 8.89. The Balaban J connectivity index is 1.28. The average molecular weight is 373 g/mol. The van der Waals surface area contributed by atoms with Crippen LogP contribution in [0.2, 0.25) is 0 Å². The summed E-state index contributed by atoms with van der Waals surface area (Å²) >= 11 is 0. The number of Topliss-reactive ketones (excluding diaryl/α,β-unsaturated/α-hetero) is 1. The van der Waals surface area contributed by atoms with Gasteiger partial charge in [-0.15, -0.1) is 0 Å². The molecule has 0 N–H and O–H groups in total. The minimum Gasteiger partial charge on any atom is -0.333 e. The first-order chi connectivity index (χ1) is 13.6. The van der Waals surface area contributed by atoms with E-state index in [1.165, 1.54) is 16.7 Å². The highest BCUT2D eigenvalue weighted by Gasteiger charge is 2.44. The van der Waals surface area contributed by atoms with Gasteiger partial charge in [-0.3, -0.25) is 9.59 Å². The Labute approximate surface area is 166 Å². The molecule has 0 aromatic heterocycles. The molecule has 3 heteroatoms. The van der Waals surface area contributed by atoms with Crippen LogP contribution < -0.4 is 0 Å². The first-order valence-corrected chi connectivity index (χ1v) is 10.6. The highest BCUT2D eigenvalue weighted by Crippen LogP contribution is 2.45. The number of carbonyl (C=O) groups is 2. The zero-order valence-electron chi connectivity index (χ0n) is 16.4. The molecule has 3 fully saturated rings. The minimum atomic E-state index is 0.187. The summed E-state index contributed by atoms with van der Waals surface area (Å²) < 4.78 is 0. The Morgan fingerprint density at radius 1 is 0.893 bits per heavy atom. The van der Waals surface area contributed by atoms with E-state index in [4.69, 9.17) is 0 Å². The molecule has 0 radical (unpaired) electrons. The molecule has 0 atom stereocenters. The van der Waals surface area contributed by atoms with Gasteiger partial charge >= 0.3 is 0 Å². The zero-order chi connectivity index (χ0) is 19.3. The van der Waals surface area contributed by atoms with Crippen molar-refractivity contribution >= 4 is 11.7 Å². The van der Waals surface area contributed by atoms with E-state index in [0.717, 1.165) is 31.2 Å². The van der Waals surface area contributed by atoms with Crippen molar-refractivity contribution in [3.8, 4) is 0 Å². The van der Waals surface area contributed by atoms with Crippen LogP contribution in [-0.4, -0.2) is 28.7 Å². The molecule has 0 heterocycles. The summed E-state index contributed by atoms with van der Waals surface area (Å²) in [6.07, 6.45) is 5.75. The number of ketones is 1. The Morgan fingerprint density at radius 3 is 2.18 bits per heavy atom. The van der Waals surface area contributed by atoms with Crippen LogP contribution in [0.15, 0.2) is 48.5 Å². The van der Waals surface area contributed by atoms with E-state index in [9.17, 15) is 9.59 Å². The number of aryl methyl sites for hydroxylation is 1. The van der Waals surface area contributed by atoms with Crippen LogP contribution in [0.4, 0.5) is 0 Å². The molecule has 0 spiro atoms. The van der Waals surface area contributed by atoms with Crippen LogP contribution in [0.25, 0.3) is 0 Å². The van der Waals surface area contributed by atoms with Gasteiger partial charge in [0, 0.05) is 30.5 Å². The summed E-state index contributed by atoms with van der Waals surface area (Å²) in [4.78, 5) is 26.7. The lowest BCUT2D eigenvalue weighted by Gasteiger charge is -2.44. The molecule has 2 aromatic rings. The summed E-state index contributed by atoms with van der Waals surface area (Å²) in [5, 5.41) is 0. The SMILES string of the molecule is Cc1ccccc1C1CC(N(C(=O)c2ccc(C3CC(=O)C3)cc2)C2CC2)C1. The second-order valence-electron chi connectivity index (χ2n) is 8.89. The molecule has 3 nitrogen and oxygen atoms in total. The lowest BCUT2D eigenvalue weighted by atomic mass is 9.73. The molecule has 3 aliphatic rings. The van der Waals surface area contributed by atoms with Crippen molar-refractivity contribution in [1.29, 1.82) is 0 Å². The van der Waals surface area contributed by atoms with Crippen molar-refractivity contribution in [1.82, 2.24) is 4.90 Å². The summed E-state index contributed by atoms with van der Waals surface area (Å²) in [6.45, 7) is 2.18. The molecule has 2 aromatic carbocycles. The lowest BCUT2D eigenvalue weighted by Crippen LogP contribution is -2.48. The molecule has 3 saturated carbocycles. The predicted molar refractivity (Wildman–Crippen MR) is 110 cm³/mol. The normalized spacial score (nSPS) is 24.4. The van der Waals surface area contributed by atoms with Crippen molar-refractivity contribution in [3.63, 3.8) is 0 Å². The van der Waals surface area contributed by atoms with E-state index in [-0.39, 0.29) is 5.91 Å². The fourth-order valence-electron chi connectivity index (χ4n) is 4.87. The van der Waals surface area contributed by atoms with Gasteiger partial charge in [0.15, 0.2) is 0 Å². The Bertz CT molecular complexity index is 898. The molecule has 0 unspecified atom stereocenters. The fourth-order valence-corrected chi connectivity index (χ4v) is 4.87. The number of benzene rings is 2. The predicted octanol–water partition coefficient (Wildman–Crippen LogP) is 4.99. The van der Waals surface area contributed by atoms with E-state index in [2.05, 4.69) is 36.1 Å². The number of amides is 1. The van der Waals surface area contributed by atoms with Crippen LogP contribution in [-0.2, 0) is 4.79 Å². The van der Waals surface area contributed by atoms with Crippen LogP contribution in [0.1, 0.15) is 77.4 Å². The van der Waals surface area contributed by atoms with Crippen molar-refractivity contribution in [2.75, 3.05) is 0 Å². The van der Waals surface area contributed by atoms with Gasteiger partial charge in [0.25, 0.3) is 5.91 Å². The molecule has 5 rings (SSSR count). The van der Waals surface area contributed by atoms with Gasteiger partial charge in [-0.25, -0.2) is 0 Å². The fraction of sp³-hybridized carbons (Fsp3) is 0.440. The maximum Gasteiger partial charge on any atom is 0.254 e. The van der Waals surface area contributed by atoms with E-state index >= 15 is 0 Å². The van der Waals surface area contributed by atoms with Crippen molar-refractivity contribution < 1.29 is 9.59 Å². The van der Waals surface area contributed by atoms with Crippen LogP contribution in [0.5, 0.6) is 0 Å². The Morgan fingerprint density at radius 2 is 1.57 bits per heavy atom. The molecule has 3 aliphatic carbocycles. The summed E-state index contributed by atoms with van der Waals surface area (Å²) in [6, 6.07) is 17.5. The number of rotatable bonds is 5. The lowest BCUT2D eigenvalue weighted by molar-refractivity contribution is -0.124. The van der Waals surface area contributed by atoms with Crippen molar-refractivity contribution in [2.45, 2.75) is 69.4 Å². The van der Waals surface area contributed by atoms with Gasteiger partial charge < -0.3 is 4.90 Å². The average Bonchev–Trinajstić information content (AvgIpc) is 3.47. The van der Waals surface area contributed by atoms with Gasteiger partial charge in [-0.2, -0.15) is 0 Å². The largest absolute Gasteiger partial charge is 0.333 e. The smallest absolute Gasteiger partial charge is 0.254 e. The first kappa shape index (κ1) is 17.7. The molecular formula is C25H27NO2. The number of carbonyl (C=O) groups excluding carboxylic acids is 2.